The zero-order valence-electron chi connectivity index (χ0n) is 5.72. The molecule has 0 saturated heterocycles. The topological polar surface area (TPSA) is 43.4 Å². The molecule has 3 heteroatoms. The summed E-state index contributed by atoms with van der Waals surface area (Å²) < 4.78 is 3.96. The van der Waals surface area contributed by atoms with E-state index in [1.165, 1.54) is 0 Å². The van der Waals surface area contributed by atoms with Gasteiger partial charge in [-0.2, -0.15) is 0 Å². The molecule has 3 nitrogen and oxygen atoms in total. The fourth-order valence-electron chi connectivity index (χ4n) is 0.191. The van der Waals surface area contributed by atoms with Crippen LogP contribution in [0.1, 0.15) is 20.8 Å². The lowest BCUT2D eigenvalue weighted by molar-refractivity contribution is -0.144. The van der Waals surface area contributed by atoms with Crippen molar-refractivity contribution in [1.29, 1.82) is 0 Å². The van der Waals surface area contributed by atoms with E-state index in [9.17, 15) is 9.59 Å². The maximum absolute atomic E-state index is 10.6. The van der Waals surface area contributed by atoms with Gasteiger partial charge >= 0.3 is 12.4 Å². The molecule has 0 aliphatic heterocycles. The molecule has 0 saturated carbocycles. The number of hydrogen-bond donors (Lipinski definition) is 0. The van der Waals surface area contributed by atoms with E-state index in [0.717, 1.165) is 6.47 Å². The van der Waals surface area contributed by atoms with Gasteiger partial charge in [0.05, 0.1) is 5.41 Å². The second-order valence-electron chi connectivity index (χ2n) is 2.72. The van der Waals surface area contributed by atoms with Gasteiger partial charge in [-0.25, -0.2) is 4.79 Å². The molecule has 0 aliphatic rings. The molecule has 51 valence electrons. The lowest BCUT2D eigenvalue weighted by Gasteiger charge is -2.11. The van der Waals surface area contributed by atoms with E-state index in [1.807, 2.05) is 0 Å². The van der Waals surface area contributed by atoms with Crippen LogP contribution in [0.15, 0.2) is 0 Å². The van der Waals surface area contributed by atoms with Gasteiger partial charge in [0.25, 0.3) is 0 Å². The number of ether oxygens (including phenoxy) is 1. The Kier molecular flexibility index (Phi) is 2.37. The summed E-state index contributed by atoms with van der Waals surface area (Å²) in [6.07, 6.45) is 0. The van der Waals surface area contributed by atoms with Crippen molar-refractivity contribution in [1.82, 2.24) is 0 Å². The van der Waals surface area contributed by atoms with E-state index in [1.54, 1.807) is 20.8 Å². The van der Waals surface area contributed by atoms with Crippen LogP contribution in [0, 0.1) is 5.41 Å². The first-order chi connectivity index (χ1) is 3.98. The summed E-state index contributed by atoms with van der Waals surface area (Å²) in [5.74, 6) is -0.558. The second-order valence-corrected chi connectivity index (χ2v) is 2.72. The normalized spacial score (nSPS) is 10.6. The number of esters is 1. The minimum absolute atomic E-state index is 0.558. The molecule has 0 aromatic heterocycles. The van der Waals surface area contributed by atoms with E-state index in [-0.39, 0.29) is 0 Å². The summed E-state index contributed by atoms with van der Waals surface area (Å²) in [6, 6.07) is 0. The standard InChI is InChI=1S/C6H9O3/c1-6(2,3)5(8)9-4-7/h1-3H3. The maximum atomic E-state index is 10.6. The predicted octanol–water partition coefficient (Wildman–Crippen LogP) is 0.643. The summed E-state index contributed by atoms with van der Waals surface area (Å²) in [7, 11) is 0. The highest BCUT2D eigenvalue weighted by Gasteiger charge is 2.22. The van der Waals surface area contributed by atoms with E-state index < -0.39 is 11.4 Å². The molecule has 1 radical (unpaired) electrons. The molecule has 9 heavy (non-hydrogen) atoms. The minimum Gasteiger partial charge on any atom is -0.384 e. The molecule has 0 spiro atoms. The van der Waals surface area contributed by atoms with Crippen molar-refractivity contribution >= 4 is 12.4 Å². The van der Waals surface area contributed by atoms with E-state index in [2.05, 4.69) is 4.74 Å². The predicted molar refractivity (Wildman–Crippen MR) is 31.2 cm³/mol. The first-order valence-electron chi connectivity index (χ1n) is 2.57. The molecule has 0 aromatic rings. The summed E-state index contributed by atoms with van der Waals surface area (Å²) in [5.41, 5.74) is -0.614. The van der Waals surface area contributed by atoms with Crippen LogP contribution < -0.4 is 0 Å². The van der Waals surface area contributed by atoms with Crippen molar-refractivity contribution in [3.63, 3.8) is 0 Å². The lowest BCUT2D eigenvalue weighted by atomic mass is 9.98. The first kappa shape index (κ1) is 8.14. The maximum Gasteiger partial charge on any atom is 0.425 e. The third-order valence-corrected chi connectivity index (χ3v) is 0.747. The molecule has 0 bridgehead atoms. The van der Waals surface area contributed by atoms with Crippen LogP contribution in [0.2, 0.25) is 0 Å². The Balaban J connectivity index is 3.88. The summed E-state index contributed by atoms with van der Waals surface area (Å²) in [6.45, 7) is 6.05. The van der Waals surface area contributed by atoms with Gasteiger partial charge < -0.3 is 4.74 Å². The molecule has 0 atom stereocenters. The van der Waals surface area contributed by atoms with Gasteiger partial charge in [0, 0.05) is 0 Å². The second kappa shape index (κ2) is 2.62. The molecule has 0 N–H and O–H groups in total. The Labute approximate surface area is 54.0 Å². The van der Waals surface area contributed by atoms with Crippen LogP contribution in [-0.2, 0) is 14.3 Å². The molecule has 0 unspecified atom stereocenters. The fraction of sp³-hybridized carbons (Fsp3) is 0.667. The summed E-state index contributed by atoms with van der Waals surface area (Å²) >= 11 is 0. The quantitative estimate of drug-likeness (QED) is 0.385. The Bertz CT molecular complexity index is 121. The van der Waals surface area contributed by atoms with Gasteiger partial charge in [0.2, 0.25) is 0 Å². The van der Waals surface area contributed by atoms with Crippen LogP contribution in [0.25, 0.3) is 0 Å². The smallest absolute Gasteiger partial charge is 0.384 e. The van der Waals surface area contributed by atoms with Gasteiger partial charge in [-0.05, 0) is 20.8 Å². The Morgan fingerprint density at radius 1 is 1.44 bits per heavy atom. The van der Waals surface area contributed by atoms with Crippen LogP contribution in [0.3, 0.4) is 0 Å². The van der Waals surface area contributed by atoms with Crippen molar-refractivity contribution in [2.45, 2.75) is 20.8 Å². The molecular weight excluding hydrogens is 120 g/mol. The summed E-state index contributed by atoms with van der Waals surface area (Å²) in [5, 5.41) is 0. The molecule has 0 amide bonds. The monoisotopic (exact) mass is 129 g/mol. The number of carbonyl (C=O) groups excluding carboxylic acids is 2. The molecular formula is C6H9O3. The third-order valence-electron chi connectivity index (χ3n) is 0.747. The number of carbonyl (C=O) groups is 1. The van der Waals surface area contributed by atoms with Crippen LogP contribution in [0.5, 0.6) is 0 Å². The van der Waals surface area contributed by atoms with Crippen molar-refractivity contribution in [2.75, 3.05) is 0 Å². The highest BCUT2D eigenvalue weighted by atomic mass is 16.6. The Hall–Kier alpha value is -0.860. The lowest BCUT2D eigenvalue weighted by Crippen LogP contribution is -2.22. The van der Waals surface area contributed by atoms with Gasteiger partial charge in [-0.3, -0.25) is 4.79 Å². The molecule has 0 aliphatic carbocycles. The molecule has 0 heterocycles. The van der Waals surface area contributed by atoms with Gasteiger partial charge in [-0.15, -0.1) is 0 Å². The zero-order chi connectivity index (χ0) is 7.49. The van der Waals surface area contributed by atoms with Crippen molar-refractivity contribution in [3.05, 3.63) is 0 Å². The average Bonchev–Trinajstić information content (AvgIpc) is 1.64. The van der Waals surface area contributed by atoms with E-state index in [0.29, 0.717) is 0 Å². The Morgan fingerprint density at radius 3 is 2.00 bits per heavy atom. The number of rotatable bonds is 1. The molecule has 0 aromatic carbocycles. The van der Waals surface area contributed by atoms with Crippen LogP contribution in [-0.4, -0.2) is 12.4 Å². The zero-order valence-corrected chi connectivity index (χ0v) is 5.72. The van der Waals surface area contributed by atoms with E-state index in [4.69, 9.17) is 0 Å². The van der Waals surface area contributed by atoms with Crippen molar-refractivity contribution in [2.24, 2.45) is 5.41 Å². The number of hydrogen-bond acceptors (Lipinski definition) is 3. The van der Waals surface area contributed by atoms with Gasteiger partial charge in [0.15, 0.2) is 0 Å². The van der Waals surface area contributed by atoms with Crippen LogP contribution in [0.4, 0.5) is 0 Å². The third kappa shape index (κ3) is 2.85. The SMILES string of the molecule is CC(C)(C)C(=O)O[C]=O. The molecule has 0 rings (SSSR count). The largest absolute Gasteiger partial charge is 0.425 e. The molecule has 0 fully saturated rings. The fourth-order valence-corrected chi connectivity index (χ4v) is 0.191. The highest BCUT2D eigenvalue weighted by Crippen LogP contribution is 2.13. The van der Waals surface area contributed by atoms with Crippen molar-refractivity contribution < 1.29 is 14.3 Å². The van der Waals surface area contributed by atoms with Gasteiger partial charge in [0.1, 0.15) is 0 Å². The minimum atomic E-state index is -0.614. The van der Waals surface area contributed by atoms with Gasteiger partial charge in [-0.1, -0.05) is 0 Å². The van der Waals surface area contributed by atoms with Crippen molar-refractivity contribution in [3.8, 4) is 0 Å². The van der Waals surface area contributed by atoms with Crippen LogP contribution >= 0.6 is 0 Å². The summed E-state index contributed by atoms with van der Waals surface area (Å²) in [4.78, 5) is 20.1. The Morgan fingerprint density at radius 2 is 1.89 bits per heavy atom. The first-order valence-corrected chi connectivity index (χ1v) is 2.57. The average molecular weight is 129 g/mol. The highest BCUT2D eigenvalue weighted by molar-refractivity contribution is 5.81. The van der Waals surface area contributed by atoms with E-state index >= 15 is 0 Å².